The highest BCUT2D eigenvalue weighted by Gasteiger charge is 2.58. The van der Waals surface area contributed by atoms with Gasteiger partial charge in [0.15, 0.2) is 17.1 Å². The molecular formula is C17H16BrClO5. The summed E-state index contributed by atoms with van der Waals surface area (Å²) in [7, 11) is 2.95. The minimum absolute atomic E-state index is 0.0226. The van der Waals surface area contributed by atoms with Crippen molar-refractivity contribution in [1.29, 1.82) is 0 Å². The van der Waals surface area contributed by atoms with E-state index in [0.29, 0.717) is 22.4 Å². The Balaban J connectivity index is 2.26. The van der Waals surface area contributed by atoms with E-state index in [4.69, 9.17) is 25.8 Å². The van der Waals surface area contributed by atoms with Crippen LogP contribution in [0.4, 0.5) is 0 Å². The van der Waals surface area contributed by atoms with E-state index in [2.05, 4.69) is 15.9 Å². The largest absolute Gasteiger partial charge is 0.496 e. The number of ether oxygens (including phenoxy) is 3. The van der Waals surface area contributed by atoms with Crippen LogP contribution in [0.1, 0.15) is 23.7 Å². The van der Waals surface area contributed by atoms with Crippen molar-refractivity contribution in [2.24, 2.45) is 5.92 Å². The molecule has 1 aromatic rings. The molecule has 0 radical (unpaired) electrons. The van der Waals surface area contributed by atoms with Crippen molar-refractivity contribution in [3.05, 3.63) is 28.3 Å². The summed E-state index contributed by atoms with van der Waals surface area (Å²) in [5.74, 6) is 0.350. The molecule has 0 N–H and O–H groups in total. The number of allylic oxidation sites excluding steroid dienone is 1. The van der Waals surface area contributed by atoms with Crippen LogP contribution in [-0.2, 0) is 4.79 Å². The lowest BCUT2D eigenvalue weighted by atomic mass is 9.72. The molecule has 1 heterocycles. The maximum absolute atomic E-state index is 13.3. The number of hydrogen-bond donors (Lipinski definition) is 0. The monoisotopic (exact) mass is 414 g/mol. The Morgan fingerprint density at radius 1 is 1.33 bits per heavy atom. The van der Waals surface area contributed by atoms with Gasteiger partial charge in [-0.05, 0) is 11.6 Å². The van der Waals surface area contributed by atoms with E-state index in [9.17, 15) is 9.59 Å². The minimum Gasteiger partial charge on any atom is -0.496 e. The molecule has 5 nitrogen and oxygen atoms in total. The number of benzene rings is 1. The van der Waals surface area contributed by atoms with Gasteiger partial charge in [-0.2, -0.15) is 0 Å². The maximum Gasteiger partial charge on any atom is 0.218 e. The molecule has 0 saturated carbocycles. The molecule has 1 aromatic carbocycles. The van der Waals surface area contributed by atoms with Gasteiger partial charge in [-0.1, -0.05) is 34.5 Å². The van der Waals surface area contributed by atoms with Crippen molar-refractivity contribution in [2.45, 2.75) is 18.9 Å². The third-order valence-corrected chi connectivity index (χ3v) is 5.54. The predicted octanol–water partition coefficient (Wildman–Crippen LogP) is 3.60. The first-order valence-electron chi connectivity index (χ1n) is 7.38. The fourth-order valence-corrected chi connectivity index (χ4v) is 4.24. The average Bonchev–Trinajstić information content (AvgIpc) is 2.87. The SMILES string of the molecule is COc1cc(OC)c2c(c1Cl)O[C@]1(C2=O)C(CBr)=CC(=O)C[C@H]1C. The van der Waals surface area contributed by atoms with Gasteiger partial charge in [-0.3, -0.25) is 9.59 Å². The molecule has 0 amide bonds. The molecule has 1 spiro atoms. The Kier molecular flexibility index (Phi) is 4.38. The van der Waals surface area contributed by atoms with Crippen LogP contribution in [0, 0.1) is 5.92 Å². The second-order valence-electron chi connectivity index (χ2n) is 5.84. The molecule has 2 aliphatic rings. The molecule has 0 aromatic heterocycles. The number of methoxy groups -OCH3 is 2. The minimum atomic E-state index is -1.25. The van der Waals surface area contributed by atoms with Crippen molar-refractivity contribution in [3.63, 3.8) is 0 Å². The summed E-state index contributed by atoms with van der Waals surface area (Å²) in [6.07, 6.45) is 1.71. The van der Waals surface area contributed by atoms with Crippen LogP contribution in [0.5, 0.6) is 17.2 Å². The second-order valence-corrected chi connectivity index (χ2v) is 6.78. The predicted molar refractivity (Wildman–Crippen MR) is 92.9 cm³/mol. The molecule has 2 atom stereocenters. The van der Waals surface area contributed by atoms with Crippen LogP contribution in [0.15, 0.2) is 17.7 Å². The van der Waals surface area contributed by atoms with Gasteiger partial charge in [0.2, 0.25) is 5.78 Å². The van der Waals surface area contributed by atoms with Crippen LogP contribution in [-0.4, -0.2) is 36.7 Å². The smallest absolute Gasteiger partial charge is 0.218 e. The molecule has 7 heteroatoms. The highest BCUT2D eigenvalue weighted by atomic mass is 79.9. The summed E-state index contributed by atoms with van der Waals surface area (Å²) in [5, 5.41) is 0.566. The average molecular weight is 416 g/mol. The number of carbonyl (C=O) groups excluding carboxylic acids is 2. The van der Waals surface area contributed by atoms with E-state index in [1.165, 1.54) is 20.3 Å². The number of ketones is 2. The van der Waals surface area contributed by atoms with E-state index < -0.39 is 5.60 Å². The lowest BCUT2D eigenvalue weighted by Crippen LogP contribution is -2.51. The zero-order chi connectivity index (χ0) is 17.6. The Labute approximate surface area is 153 Å². The van der Waals surface area contributed by atoms with Crippen molar-refractivity contribution >= 4 is 39.1 Å². The molecule has 0 fully saturated rings. The van der Waals surface area contributed by atoms with Crippen LogP contribution in [0.25, 0.3) is 0 Å². The zero-order valence-electron chi connectivity index (χ0n) is 13.4. The van der Waals surface area contributed by atoms with Gasteiger partial charge in [-0.15, -0.1) is 0 Å². The summed E-state index contributed by atoms with van der Waals surface area (Å²) in [5.41, 5.74) is -0.371. The highest BCUT2D eigenvalue weighted by molar-refractivity contribution is 9.09. The lowest BCUT2D eigenvalue weighted by Gasteiger charge is -2.37. The fourth-order valence-electron chi connectivity index (χ4n) is 3.40. The number of halogens is 2. The normalized spacial score (nSPS) is 25.4. The van der Waals surface area contributed by atoms with E-state index in [-0.39, 0.29) is 40.2 Å². The Bertz CT molecular complexity index is 773. The van der Waals surface area contributed by atoms with Gasteiger partial charge in [0.05, 0.1) is 14.2 Å². The van der Waals surface area contributed by atoms with Crippen molar-refractivity contribution in [1.82, 2.24) is 0 Å². The molecule has 24 heavy (non-hydrogen) atoms. The standard InChI is InChI=1S/C17H16BrClO5/c1-8-4-10(20)5-9(7-18)17(8)16(21)13-11(22-2)6-12(23-3)14(19)15(13)24-17/h5-6,8H,4,7H2,1-3H3/t8-,17+/m1/s1. The molecular weight excluding hydrogens is 400 g/mol. The van der Waals surface area contributed by atoms with E-state index in [1.54, 1.807) is 6.07 Å². The van der Waals surface area contributed by atoms with Crippen LogP contribution in [0.2, 0.25) is 5.02 Å². The molecule has 0 unspecified atom stereocenters. The number of Topliss-reactive ketones (excluding diaryl/α,β-unsaturated/α-hetero) is 1. The summed E-state index contributed by atoms with van der Waals surface area (Å²) >= 11 is 9.73. The third kappa shape index (κ3) is 2.19. The second kappa shape index (κ2) is 6.08. The summed E-state index contributed by atoms with van der Waals surface area (Å²) in [4.78, 5) is 25.2. The van der Waals surface area contributed by atoms with Crippen LogP contribution in [0.3, 0.4) is 0 Å². The van der Waals surface area contributed by atoms with Gasteiger partial charge < -0.3 is 14.2 Å². The third-order valence-electron chi connectivity index (χ3n) is 4.58. The lowest BCUT2D eigenvalue weighted by molar-refractivity contribution is -0.117. The number of alkyl halides is 1. The van der Waals surface area contributed by atoms with E-state index in [0.717, 1.165) is 0 Å². The first kappa shape index (κ1) is 17.3. The van der Waals surface area contributed by atoms with E-state index >= 15 is 0 Å². The van der Waals surface area contributed by atoms with E-state index in [1.807, 2.05) is 6.92 Å². The number of fused-ring (bicyclic) bond motifs is 1. The molecule has 1 aliphatic heterocycles. The topological polar surface area (TPSA) is 61.8 Å². The van der Waals surface area contributed by atoms with Crippen LogP contribution < -0.4 is 14.2 Å². The van der Waals surface area contributed by atoms with Crippen molar-refractivity contribution < 1.29 is 23.8 Å². The summed E-state index contributed by atoms with van der Waals surface area (Å²) in [6, 6.07) is 1.57. The zero-order valence-corrected chi connectivity index (χ0v) is 15.8. The Morgan fingerprint density at radius 3 is 2.58 bits per heavy atom. The van der Waals surface area contributed by atoms with Gasteiger partial charge in [0.25, 0.3) is 0 Å². The fraction of sp³-hybridized carbons (Fsp3) is 0.412. The number of hydrogen-bond acceptors (Lipinski definition) is 5. The molecule has 0 bridgehead atoms. The Hall–Kier alpha value is -1.53. The van der Waals surface area contributed by atoms with Gasteiger partial charge in [0, 0.05) is 23.7 Å². The number of rotatable bonds is 3. The first-order valence-corrected chi connectivity index (χ1v) is 8.88. The molecule has 1 aliphatic carbocycles. The first-order chi connectivity index (χ1) is 11.4. The van der Waals surface area contributed by atoms with Crippen LogP contribution >= 0.6 is 27.5 Å². The van der Waals surface area contributed by atoms with Crippen molar-refractivity contribution in [2.75, 3.05) is 19.5 Å². The maximum atomic E-state index is 13.3. The Morgan fingerprint density at radius 2 is 2.00 bits per heavy atom. The van der Waals surface area contributed by atoms with Gasteiger partial charge in [0.1, 0.15) is 22.1 Å². The summed E-state index contributed by atoms with van der Waals surface area (Å²) in [6.45, 7) is 1.83. The quantitative estimate of drug-likeness (QED) is 0.706. The molecule has 0 saturated heterocycles. The van der Waals surface area contributed by atoms with Crippen molar-refractivity contribution in [3.8, 4) is 17.2 Å². The summed E-state index contributed by atoms with van der Waals surface area (Å²) < 4.78 is 16.7. The molecule has 3 rings (SSSR count). The van der Waals surface area contributed by atoms with Gasteiger partial charge >= 0.3 is 0 Å². The molecule has 128 valence electrons. The number of carbonyl (C=O) groups is 2. The van der Waals surface area contributed by atoms with Gasteiger partial charge in [-0.25, -0.2) is 0 Å². The highest BCUT2D eigenvalue weighted by Crippen LogP contribution is 2.54.